The number of esters is 2. The van der Waals surface area contributed by atoms with Crippen molar-refractivity contribution in [3.05, 3.63) is 116 Å². The molecule has 362 valence electrons. The van der Waals surface area contributed by atoms with Crippen molar-refractivity contribution < 1.29 is 24.2 Å². The van der Waals surface area contributed by atoms with E-state index in [2.05, 4.69) is 71.3 Å². The lowest BCUT2D eigenvalue weighted by atomic mass is 9.28. The van der Waals surface area contributed by atoms with Gasteiger partial charge < -0.3 is 25.2 Å². The largest absolute Gasteiger partial charge is 0.508 e. The number of ether oxygens (including phenoxy) is 2. The molecule has 3 N–H and O–H groups in total. The van der Waals surface area contributed by atoms with Gasteiger partial charge in [-0.05, 0) is 154 Å². The number of allylic oxidation sites excluding steroid dienone is 3. The van der Waals surface area contributed by atoms with E-state index in [1.165, 1.54) is 60.8 Å². The van der Waals surface area contributed by atoms with Crippen LogP contribution in [0.4, 0.5) is 0 Å². The first-order valence-corrected chi connectivity index (χ1v) is 28.2. The molecule has 13 aliphatic rings. The van der Waals surface area contributed by atoms with Crippen LogP contribution in [-0.2, 0) is 39.1 Å². The number of rotatable bonds is 5. The highest BCUT2D eigenvalue weighted by Gasteiger charge is 2.93. The first-order chi connectivity index (χ1) is 33.8. The van der Waals surface area contributed by atoms with Gasteiger partial charge in [-0.3, -0.25) is 9.69 Å². The van der Waals surface area contributed by atoms with Crippen LogP contribution in [0.5, 0.6) is 0 Å². The number of benzene rings is 2. The molecular weight excluding hydrogens is 855 g/mol. The number of nitrogens with two attached hydrogens (primary N) is 1. The molecule has 14 atom stereocenters. The third-order valence-electron chi connectivity index (χ3n) is 22.5. The van der Waals surface area contributed by atoms with Gasteiger partial charge in [-0.15, -0.1) is 0 Å². The summed E-state index contributed by atoms with van der Waals surface area (Å²) in [5.74, 6) is 3.10. The predicted molar refractivity (Wildman–Crippen MR) is 264 cm³/mol. The van der Waals surface area contributed by atoms with Gasteiger partial charge in [-0.2, -0.15) is 0 Å². The van der Waals surface area contributed by atoms with E-state index >= 15 is 9.59 Å². The predicted octanol–water partition coefficient (Wildman–Crippen LogP) is 10.8. The molecule has 2 aromatic rings. The van der Waals surface area contributed by atoms with Crippen LogP contribution in [0.2, 0.25) is 0 Å². The second-order valence-corrected chi connectivity index (χ2v) is 25.1. The summed E-state index contributed by atoms with van der Waals surface area (Å²) in [6, 6.07) is 16.9. The van der Waals surface area contributed by atoms with Crippen LogP contribution in [0.15, 0.2) is 88.6 Å². The van der Waals surface area contributed by atoms with Crippen molar-refractivity contribution in [3.8, 4) is 0 Å². The number of hydrogen-bond donors (Lipinski definition) is 2. The lowest BCUT2D eigenvalue weighted by Crippen LogP contribution is -2.77. The van der Waals surface area contributed by atoms with Gasteiger partial charge in [-0.25, -0.2) is 4.79 Å². The second kappa shape index (κ2) is 15.2. The number of fused-ring (bicyclic) bond motifs is 12. The van der Waals surface area contributed by atoms with Gasteiger partial charge in [0, 0.05) is 54.2 Å². The van der Waals surface area contributed by atoms with E-state index in [1.54, 1.807) is 11.3 Å². The van der Waals surface area contributed by atoms with E-state index in [4.69, 9.17) is 15.2 Å². The maximum Gasteiger partial charge on any atom is 0.339 e. The first kappa shape index (κ1) is 42.5. The highest BCUT2D eigenvalue weighted by molar-refractivity contribution is 6.00. The topological polar surface area (TPSA) is 105 Å². The third kappa shape index (κ3) is 5.34. The van der Waals surface area contributed by atoms with Gasteiger partial charge in [0.25, 0.3) is 0 Å². The Balaban J connectivity index is 1.03. The lowest BCUT2D eigenvalue weighted by molar-refractivity contribution is -0.279. The molecule has 7 aliphatic heterocycles. The van der Waals surface area contributed by atoms with Crippen LogP contribution in [0.25, 0.3) is 0 Å². The average molecular weight is 928 g/mol. The van der Waals surface area contributed by atoms with E-state index in [0.29, 0.717) is 84.1 Å². The number of nitrogens with zero attached hydrogens (tertiary/aromatic N) is 2. The summed E-state index contributed by atoms with van der Waals surface area (Å²) < 4.78 is 14.6. The summed E-state index contributed by atoms with van der Waals surface area (Å²) in [6.07, 6.45) is 25.4. The van der Waals surface area contributed by atoms with Gasteiger partial charge in [0.05, 0.1) is 17.0 Å². The quantitative estimate of drug-likeness (QED) is 0.226. The maximum absolute atomic E-state index is 16.5. The zero-order valence-corrected chi connectivity index (χ0v) is 40.9. The summed E-state index contributed by atoms with van der Waals surface area (Å²) in [5, 5.41) is 13.9. The maximum atomic E-state index is 16.5. The number of carbonyl (C=O) groups is 2. The highest BCUT2D eigenvalue weighted by atomic mass is 16.6. The van der Waals surface area contributed by atoms with Crippen molar-refractivity contribution in [1.29, 1.82) is 0 Å². The van der Waals surface area contributed by atoms with Crippen molar-refractivity contribution in [2.24, 2.45) is 69.8 Å². The number of aryl methyl sites for hydroxylation is 2. The molecule has 11 bridgehead atoms. The van der Waals surface area contributed by atoms with Crippen LogP contribution in [0.1, 0.15) is 149 Å². The van der Waals surface area contributed by atoms with Gasteiger partial charge in [-0.1, -0.05) is 111 Å². The monoisotopic (exact) mass is 928 g/mol. The molecule has 14 unspecified atom stereocenters. The molecule has 0 amide bonds. The normalized spacial score (nSPS) is 42.3. The van der Waals surface area contributed by atoms with Gasteiger partial charge in [0.2, 0.25) is 0 Å². The van der Waals surface area contributed by atoms with E-state index in [-0.39, 0.29) is 35.7 Å². The Labute approximate surface area is 409 Å². The fraction of sp³-hybridized carbons (Fsp3) is 0.639. The minimum absolute atomic E-state index is 0.154. The van der Waals surface area contributed by atoms with E-state index in [0.717, 1.165) is 101 Å². The van der Waals surface area contributed by atoms with Gasteiger partial charge in [0.1, 0.15) is 11.2 Å². The SMILES string of the molecule is CC1CC2=C3C4C5=C6CC(Cc7cccc(c7)CCCCC7C68C(=O)OC(=C(O)C6CCC9C%10CC(CN9C6CC6CCCCC6)C(C=C2)N3C%10)C8(CC5)C72OC(=O)c3c(CCCN)cccc32)C14. The molecule has 0 aromatic heterocycles. The Bertz CT molecular complexity index is 2690. The van der Waals surface area contributed by atoms with Crippen molar-refractivity contribution >= 4 is 11.9 Å². The average Bonchev–Trinajstić information content (AvgIpc) is 3.81. The van der Waals surface area contributed by atoms with Crippen LogP contribution in [-0.4, -0.2) is 64.6 Å². The molecule has 8 heteroatoms. The van der Waals surface area contributed by atoms with Crippen LogP contribution in [0.3, 0.4) is 0 Å². The standard InChI is InChI=1S/C61H73N3O5/c1-34-26-39-19-21-48-41-30-42-33-64(48)54(39)53-43-23-24-59-56(55(65)44-20-22-47(42)63(32-41)49(44)29-36-10-3-2-4-11-36)68-58(67)60(59)46(43)31-40(51(34)53)28-37-14-7-13-35(27-37)12-5-6-18-50(60)61(59)45-17-8-15-38(16-9-25-62)52(45)57(66)69-61/h7-8,13-15,17,19,21,27,34,36,40-42,44,47-51,53,65H,2-6,9-12,16,18,20,22-26,28-33,62H2,1H3. The zero-order valence-electron chi connectivity index (χ0n) is 40.9. The Hall–Kier alpha value is -4.14. The van der Waals surface area contributed by atoms with E-state index < -0.39 is 16.4 Å². The number of aliphatic hydroxyl groups excluding tert-OH is 1. The molecule has 15 rings (SSSR count). The molecule has 6 aliphatic carbocycles. The second-order valence-electron chi connectivity index (χ2n) is 25.1. The Morgan fingerprint density at radius 2 is 1.74 bits per heavy atom. The molecule has 2 saturated carbocycles. The van der Waals surface area contributed by atoms with Crippen molar-refractivity contribution in [3.63, 3.8) is 0 Å². The van der Waals surface area contributed by atoms with Crippen LogP contribution in [0, 0.1) is 64.1 Å². The Kier molecular flexibility index (Phi) is 9.37. The zero-order chi connectivity index (χ0) is 46.1. The minimum Gasteiger partial charge on any atom is -0.508 e. The molecule has 0 radical (unpaired) electrons. The molecular formula is C61H73N3O5. The number of hydrogen-bond acceptors (Lipinski definition) is 8. The summed E-state index contributed by atoms with van der Waals surface area (Å²) in [5.41, 5.74) is 14.3. The summed E-state index contributed by atoms with van der Waals surface area (Å²) in [7, 11) is 0. The van der Waals surface area contributed by atoms with Crippen LogP contribution >= 0.6 is 0 Å². The van der Waals surface area contributed by atoms with Crippen molar-refractivity contribution in [2.45, 2.75) is 159 Å². The highest BCUT2D eigenvalue weighted by Crippen LogP contribution is 2.88. The number of piperidine rings is 3. The molecule has 2 aromatic carbocycles. The third-order valence-corrected chi connectivity index (χ3v) is 22.5. The molecule has 7 heterocycles. The van der Waals surface area contributed by atoms with Gasteiger partial charge in [0.15, 0.2) is 11.4 Å². The van der Waals surface area contributed by atoms with E-state index in [1.807, 2.05) is 0 Å². The first-order valence-electron chi connectivity index (χ1n) is 28.2. The molecule has 6 fully saturated rings. The smallest absolute Gasteiger partial charge is 0.339 e. The van der Waals surface area contributed by atoms with E-state index in [9.17, 15) is 5.11 Å². The van der Waals surface area contributed by atoms with Crippen molar-refractivity contribution in [1.82, 2.24) is 9.80 Å². The molecule has 4 saturated heterocycles. The lowest BCUT2D eigenvalue weighted by Gasteiger charge is -2.72. The summed E-state index contributed by atoms with van der Waals surface area (Å²) in [4.78, 5) is 37.5. The molecule has 8 nitrogen and oxygen atoms in total. The summed E-state index contributed by atoms with van der Waals surface area (Å²) >= 11 is 0. The number of aliphatic hydroxyl groups is 1. The van der Waals surface area contributed by atoms with Crippen LogP contribution < -0.4 is 5.73 Å². The molecule has 69 heavy (non-hydrogen) atoms. The Morgan fingerprint density at radius 1 is 0.884 bits per heavy atom. The fourth-order valence-corrected chi connectivity index (χ4v) is 20.3. The van der Waals surface area contributed by atoms with Crippen molar-refractivity contribution in [2.75, 3.05) is 19.6 Å². The van der Waals surface area contributed by atoms with Gasteiger partial charge >= 0.3 is 11.9 Å². The Morgan fingerprint density at radius 3 is 2.62 bits per heavy atom. The molecule has 3 spiro atoms. The fourth-order valence-electron chi connectivity index (χ4n) is 20.3. The minimum atomic E-state index is -1.15. The number of carbonyl (C=O) groups excluding carboxylic acids is 2. The summed E-state index contributed by atoms with van der Waals surface area (Å²) in [6.45, 7) is 5.25.